The maximum Gasteiger partial charge on any atom is 0.303 e. The number of thioether (sulfide) groups is 2. The fraction of sp³-hybridized carbons (Fsp3) is 0.913. The molecular weight excluding hydrogens is 404 g/mol. The summed E-state index contributed by atoms with van der Waals surface area (Å²) in [5, 5.41) is 18.4. The van der Waals surface area contributed by atoms with E-state index in [1.165, 1.54) is 93.6 Å². The molecule has 2 N–H and O–H groups in total. The van der Waals surface area contributed by atoms with Gasteiger partial charge in [-0.1, -0.05) is 77.0 Å². The molecule has 0 amide bonds. The van der Waals surface area contributed by atoms with Crippen LogP contribution in [-0.2, 0) is 9.59 Å². The molecule has 172 valence electrons. The van der Waals surface area contributed by atoms with E-state index in [0.717, 1.165) is 25.7 Å². The first kappa shape index (κ1) is 28.6. The van der Waals surface area contributed by atoms with Gasteiger partial charge in [0.05, 0.1) is 0 Å². The van der Waals surface area contributed by atoms with Crippen molar-refractivity contribution in [1.29, 1.82) is 0 Å². The molecule has 0 aliphatic carbocycles. The maximum atomic E-state index is 10.4. The molecule has 0 heterocycles. The first-order valence-corrected chi connectivity index (χ1v) is 14.0. The number of carboxylic acids is 2. The van der Waals surface area contributed by atoms with Crippen LogP contribution in [0.15, 0.2) is 0 Å². The average Bonchev–Trinajstić information content (AvgIpc) is 2.68. The van der Waals surface area contributed by atoms with Gasteiger partial charge in [-0.25, -0.2) is 0 Å². The first-order valence-electron chi connectivity index (χ1n) is 11.7. The zero-order valence-corrected chi connectivity index (χ0v) is 20.0. The Kier molecular flexibility index (Phi) is 23.6. The number of hydrogen-bond acceptors (Lipinski definition) is 4. The van der Waals surface area contributed by atoms with E-state index in [-0.39, 0.29) is 0 Å². The number of carbonyl (C=O) groups is 2. The van der Waals surface area contributed by atoms with E-state index in [1.54, 1.807) is 0 Å². The molecule has 6 heteroatoms. The van der Waals surface area contributed by atoms with Crippen molar-refractivity contribution in [2.45, 2.75) is 116 Å². The Morgan fingerprint density at radius 3 is 1.03 bits per heavy atom. The second-order valence-corrected chi connectivity index (χ2v) is 10.5. The predicted octanol–water partition coefficient (Wildman–Crippen LogP) is 7.60. The molecular formula is C23H44O4S2. The van der Waals surface area contributed by atoms with Crippen LogP contribution in [0.2, 0.25) is 0 Å². The van der Waals surface area contributed by atoms with E-state index in [1.807, 2.05) is 0 Å². The second-order valence-electron chi connectivity index (χ2n) is 7.88. The van der Waals surface area contributed by atoms with Crippen LogP contribution >= 0.6 is 23.5 Å². The maximum absolute atomic E-state index is 10.4. The summed E-state index contributed by atoms with van der Waals surface area (Å²) < 4.78 is 0. The lowest BCUT2D eigenvalue weighted by atomic mass is 10.1. The molecule has 0 aliphatic rings. The highest BCUT2D eigenvalue weighted by Gasteiger charge is 1.98. The first-order chi connectivity index (χ1) is 14.1. The third-order valence-electron chi connectivity index (χ3n) is 5.03. The molecule has 0 saturated carbocycles. The lowest BCUT2D eigenvalue weighted by Gasteiger charge is -2.04. The van der Waals surface area contributed by atoms with E-state index in [0.29, 0.717) is 12.8 Å². The molecule has 0 atom stereocenters. The number of rotatable bonds is 24. The van der Waals surface area contributed by atoms with Crippen molar-refractivity contribution in [3.8, 4) is 0 Å². The Morgan fingerprint density at radius 2 is 0.724 bits per heavy atom. The van der Waals surface area contributed by atoms with Crippen LogP contribution in [0, 0.1) is 0 Å². The molecule has 0 aliphatic heterocycles. The van der Waals surface area contributed by atoms with Crippen molar-refractivity contribution in [3.05, 3.63) is 0 Å². The lowest BCUT2D eigenvalue weighted by molar-refractivity contribution is -0.138. The van der Waals surface area contributed by atoms with Crippen molar-refractivity contribution < 1.29 is 19.8 Å². The molecule has 0 radical (unpaired) electrons. The van der Waals surface area contributed by atoms with Crippen LogP contribution in [0.25, 0.3) is 0 Å². The van der Waals surface area contributed by atoms with Gasteiger partial charge in [0.25, 0.3) is 0 Å². The Balaban J connectivity index is 3.01. The van der Waals surface area contributed by atoms with E-state index in [4.69, 9.17) is 10.2 Å². The minimum absolute atomic E-state index is 0.326. The van der Waals surface area contributed by atoms with Gasteiger partial charge in [0.15, 0.2) is 0 Å². The largest absolute Gasteiger partial charge is 0.481 e. The van der Waals surface area contributed by atoms with Gasteiger partial charge >= 0.3 is 11.9 Å². The summed E-state index contributed by atoms with van der Waals surface area (Å²) in [7, 11) is 0. The quantitative estimate of drug-likeness (QED) is 0.117. The normalized spacial score (nSPS) is 11.0. The highest BCUT2D eigenvalue weighted by molar-refractivity contribution is 8.15. The Hall–Kier alpha value is -0.360. The van der Waals surface area contributed by atoms with E-state index in [9.17, 15) is 9.59 Å². The molecule has 29 heavy (non-hydrogen) atoms. The second kappa shape index (κ2) is 23.9. The average molecular weight is 449 g/mol. The smallest absolute Gasteiger partial charge is 0.303 e. The van der Waals surface area contributed by atoms with Gasteiger partial charge in [0, 0.05) is 17.9 Å². The topological polar surface area (TPSA) is 74.6 Å². The molecule has 0 saturated heterocycles. The summed E-state index contributed by atoms with van der Waals surface area (Å²) >= 11 is 4.16. The van der Waals surface area contributed by atoms with E-state index in [2.05, 4.69) is 23.5 Å². The van der Waals surface area contributed by atoms with Crippen LogP contribution in [0.4, 0.5) is 0 Å². The third kappa shape index (κ3) is 27.6. The van der Waals surface area contributed by atoms with Gasteiger partial charge in [-0.15, -0.1) is 0 Å². The lowest BCUT2D eigenvalue weighted by Crippen LogP contribution is -1.93. The molecule has 0 fully saturated rings. The van der Waals surface area contributed by atoms with Crippen LogP contribution < -0.4 is 0 Å². The number of hydrogen-bond donors (Lipinski definition) is 2. The highest BCUT2D eigenvalue weighted by atomic mass is 32.2. The van der Waals surface area contributed by atoms with Crippen LogP contribution in [0.1, 0.15) is 116 Å². The SMILES string of the molecule is O=C(O)CCCCCCCCCCSCSCCCCCCCCCCC(=O)O. The zero-order valence-electron chi connectivity index (χ0n) is 18.4. The zero-order chi connectivity index (χ0) is 21.4. The standard InChI is InChI=1S/C23H44O4S2/c24-22(25)17-13-9-5-1-3-7-11-15-19-28-21-29-20-16-12-8-4-2-6-10-14-18-23(26)27/h1-21H2,(H,24,25)(H,26,27). The Morgan fingerprint density at radius 1 is 0.448 bits per heavy atom. The van der Waals surface area contributed by atoms with Gasteiger partial charge in [-0.3, -0.25) is 9.59 Å². The monoisotopic (exact) mass is 448 g/mol. The summed E-state index contributed by atoms with van der Waals surface area (Å²) in [4.78, 5) is 20.8. The van der Waals surface area contributed by atoms with Crippen LogP contribution in [0.5, 0.6) is 0 Å². The molecule has 0 unspecified atom stereocenters. The number of aliphatic carboxylic acids is 2. The summed E-state index contributed by atoms with van der Waals surface area (Å²) in [6, 6.07) is 0. The summed E-state index contributed by atoms with van der Waals surface area (Å²) in [6.07, 6.45) is 19.9. The molecule has 0 aromatic heterocycles. The van der Waals surface area contributed by atoms with Crippen molar-refractivity contribution in [3.63, 3.8) is 0 Å². The summed E-state index contributed by atoms with van der Waals surface area (Å²) in [5.74, 6) is 1.24. The molecule has 4 nitrogen and oxygen atoms in total. The molecule has 0 aromatic rings. The van der Waals surface area contributed by atoms with E-state index < -0.39 is 11.9 Å². The third-order valence-corrected chi connectivity index (χ3v) is 7.51. The Labute approximate surface area is 187 Å². The van der Waals surface area contributed by atoms with Crippen molar-refractivity contribution in [2.75, 3.05) is 16.6 Å². The highest BCUT2D eigenvalue weighted by Crippen LogP contribution is 2.18. The van der Waals surface area contributed by atoms with E-state index >= 15 is 0 Å². The van der Waals surface area contributed by atoms with Gasteiger partial charge in [0.2, 0.25) is 0 Å². The molecule has 0 spiro atoms. The number of carboxylic acid groups (broad SMARTS) is 2. The minimum atomic E-state index is -0.668. The van der Waals surface area contributed by atoms with Crippen molar-refractivity contribution in [1.82, 2.24) is 0 Å². The van der Waals surface area contributed by atoms with Crippen molar-refractivity contribution >= 4 is 35.5 Å². The van der Waals surface area contributed by atoms with Crippen LogP contribution in [-0.4, -0.2) is 38.7 Å². The molecule has 0 rings (SSSR count). The molecule has 0 bridgehead atoms. The molecule has 0 aromatic carbocycles. The van der Waals surface area contributed by atoms with Gasteiger partial charge in [-0.2, -0.15) is 23.5 Å². The van der Waals surface area contributed by atoms with Gasteiger partial charge < -0.3 is 10.2 Å². The minimum Gasteiger partial charge on any atom is -0.481 e. The fourth-order valence-electron chi connectivity index (χ4n) is 3.26. The fourth-order valence-corrected chi connectivity index (χ4v) is 5.49. The number of unbranched alkanes of at least 4 members (excludes halogenated alkanes) is 14. The van der Waals surface area contributed by atoms with Crippen molar-refractivity contribution in [2.24, 2.45) is 0 Å². The summed E-state index contributed by atoms with van der Waals surface area (Å²) in [5.41, 5.74) is 0. The van der Waals surface area contributed by atoms with Gasteiger partial charge in [0.1, 0.15) is 0 Å². The van der Waals surface area contributed by atoms with Crippen LogP contribution in [0.3, 0.4) is 0 Å². The predicted molar refractivity (Wildman–Crippen MR) is 128 cm³/mol. The van der Waals surface area contributed by atoms with Gasteiger partial charge in [-0.05, 0) is 37.2 Å². The Bertz CT molecular complexity index is 344. The summed E-state index contributed by atoms with van der Waals surface area (Å²) in [6.45, 7) is 0.